The fourth-order valence-corrected chi connectivity index (χ4v) is 6.16. The minimum absolute atomic E-state index is 0.00246. The van der Waals surface area contributed by atoms with Gasteiger partial charge in [0.25, 0.3) is 0 Å². The van der Waals surface area contributed by atoms with Crippen molar-refractivity contribution in [3.63, 3.8) is 0 Å². The maximum atomic E-state index is 14.3. The Hall–Kier alpha value is -2.84. The van der Waals surface area contributed by atoms with E-state index in [1.807, 2.05) is 60.7 Å². The van der Waals surface area contributed by atoms with Gasteiger partial charge in [-0.15, -0.1) is 0 Å². The van der Waals surface area contributed by atoms with Crippen molar-refractivity contribution in [2.75, 3.05) is 0 Å². The molecule has 4 nitrogen and oxygen atoms in total. The first-order valence-corrected chi connectivity index (χ1v) is 10.1. The minimum atomic E-state index is -3.21. The van der Waals surface area contributed by atoms with Gasteiger partial charge in [0.2, 0.25) is 0 Å². The Morgan fingerprint density at radius 3 is 2.04 bits per heavy atom. The highest BCUT2D eigenvalue weighted by molar-refractivity contribution is 7.79. The zero-order valence-corrected chi connectivity index (χ0v) is 14.8. The quantitative estimate of drug-likeness (QED) is 0.720. The van der Waals surface area contributed by atoms with E-state index in [0.717, 1.165) is 0 Å². The van der Waals surface area contributed by atoms with Crippen LogP contribution in [0.3, 0.4) is 0 Å². The Kier molecular flexibility index (Phi) is 4.14. The number of ketones is 1. The van der Waals surface area contributed by atoms with Crippen molar-refractivity contribution in [1.82, 2.24) is 0 Å². The molecule has 1 aliphatic heterocycles. The van der Waals surface area contributed by atoms with Crippen molar-refractivity contribution in [3.05, 3.63) is 84.4 Å². The summed E-state index contributed by atoms with van der Waals surface area (Å²) in [5.74, 6) is -0.597. The van der Waals surface area contributed by atoms with Crippen molar-refractivity contribution in [3.8, 4) is 11.5 Å². The smallest absolute Gasteiger partial charge is 0.182 e. The highest BCUT2D eigenvalue weighted by Gasteiger charge is 2.42. The lowest BCUT2D eigenvalue weighted by Crippen LogP contribution is -2.34. The molecule has 1 unspecified atom stereocenters. The number of hydrogen-bond donors (Lipinski definition) is 1. The number of phenols is 1. The molecule has 1 atom stereocenters. The Balaban J connectivity index is 1.85. The number of phenolic OH excluding ortho intramolecular Hbond substituents is 1. The summed E-state index contributed by atoms with van der Waals surface area (Å²) in [4.78, 5) is 12.6. The number of carbonyl (C=O) groups excluding carboxylic acids is 1. The molecule has 1 aliphatic rings. The summed E-state index contributed by atoms with van der Waals surface area (Å²) in [6.45, 7) is 0. The Morgan fingerprint density at radius 1 is 0.885 bits per heavy atom. The van der Waals surface area contributed by atoms with E-state index in [-0.39, 0.29) is 18.0 Å². The fourth-order valence-electron chi connectivity index (χ4n) is 3.28. The minimum Gasteiger partial charge on any atom is -0.508 e. The van der Waals surface area contributed by atoms with E-state index in [9.17, 15) is 14.5 Å². The second kappa shape index (κ2) is 6.47. The number of ether oxygens (including phenoxy) is 1. The van der Waals surface area contributed by atoms with Gasteiger partial charge < -0.3 is 14.4 Å². The van der Waals surface area contributed by atoms with E-state index in [4.69, 9.17) is 4.74 Å². The van der Waals surface area contributed by atoms with Crippen LogP contribution in [0, 0.1) is 0 Å². The van der Waals surface area contributed by atoms with Crippen molar-refractivity contribution >= 4 is 23.5 Å². The van der Waals surface area contributed by atoms with E-state index < -0.39 is 13.0 Å². The standard InChI is InChI=1S/C21H17O4P/c22-15-11-12-20-18(13-15)19(23)14-21(25-20)26(24,16-7-3-1-4-8-16)17-9-5-2-6-10-17/h1-13,21-22H,14H2. The van der Waals surface area contributed by atoms with Crippen molar-refractivity contribution in [1.29, 1.82) is 0 Å². The molecule has 3 aromatic rings. The average molecular weight is 364 g/mol. The van der Waals surface area contributed by atoms with Gasteiger partial charge in [-0.2, -0.15) is 0 Å². The second-order valence-electron chi connectivity index (χ2n) is 6.21. The molecule has 130 valence electrons. The summed E-state index contributed by atoms with van der Waals surface area (Å²) in [7, 11) is -3.21. The van der Waals surface area contributed by atoms with Crippen molar-refractivity contribution in [2.45, 2.75) is 12.3 Å². The maximum absolute atomic E-state index is 14.3. The number of fused-ring (bicyclic) bond motifs is 1. The first-order chi connectivity index (χ1) is 12.6. The third-order valence-corrected chi connectivity index (χ3v) is 7.80. The van der Waals surface area contributed by atoms with Gasteiger partial charge in [0.1, 0.15) is 11.5 Å². The third-order valence-electron chi connectivity index (χ3n) is 4.57. The molecule has 26 heavy (non-hydrogen) atoms. The highest BCUT2D eigenvalue weighted by Crippen LogP contribution is 2.52. The molecule has 0 aliphatic carbocycles. The van der Waals surface area contributed by atoms with Crippen LogP contribution in [0.2, 0.25) is 0 Å². The molecule has 0 radical (unpaired) electrons. The van der Waals surface area contributed by atoms with Crippen LogP contribution < -0.4 is 15.3 Å². The summed E-state index contributed by atoms with van der Waals surface area (Å²) in [6, 6.07) is 22.7. The van der Waals surface area contributed by atoms with Crippen LogP contribution in [0.25, 0.3) is 0 Å². The Morgan fingerprint density at radius 2 is 1.46 bits per heavy atom. The van der Waals surface area contributed by atoms with Gasteiger partial charge in [-0.05, 0) is 18.2 Å². The summed E-state index contributed by atoms with van der Waals surface area (Å²) in [6.07, 6.45) is -0.00246. The molecule has 3 aromatic carbocycles. The predicted molar refractivity (Wildman–Crippen MR) is 101 cm³/mol. The molecule has 0 saturated carbocycles. The van der Waals surface area contributed by atoms with E-state index >= 15 is 0 Å². The van der Waals surface area contributed by atoms with Gasteiger partial charge >= 0.3 is 0 Å². The van der Waals surface area contributed by atoms with Crippen molar-refractivity contribution < 1.29 is 19.2 Å². The number of hydrogen-bond acceptors (Lipinski definition) is 4. The summed E-state index contributed by atoms with van der Waals surface area (Å²) in [5.41, 5.74) is 0.328. The zero-order valence-electron chi connectivity index (χ0n) is 13.9. The van der Waals surface area contributed by atoms with Crippen LogP contribution in [0.5, 0.6) is 11.5 Å². The Bertz CT molecular complexity index is 956. The lowest BCUT2D eigenvalue weighted by atomic mass is 10.0. The van der Waals surface area contributed by atoms with E-state index in [1.54, 1.807) is 6.07 Å². The predicted octanol–water partition coefficient (Wildman–Crippen LogP) is 3.70. The number of carbonyl (C=O) groups is 1. The third kappa shape index (κ3) is 2.73. The molecule has 0 bridgehead atoms. The van der Waals surface area contributed by atoms with Gasteiger partial charge in [-0.3, -0.25) is 4.79 Å². The molecule has 0 spiro atoms. The maximum Gasteiger partial charge on any atom is 0.182 e. The number of Topliss-reactive ketones (excluding diaryl/α,β-unsaturated/α-hetero) is 1. The summed E-state index contributed by atoms with van der Waals surface area (Å²) in [5, 5.41) is 10.9. The lowest BCUT2D eigenvalue weighted by Gasteiger charge is -2.32. The van der Waals surface area contributed by atoms with Crippen LogP contribution in [0.15, 0.2) is 78.9 Å². The molecule has 1 N–H and O–H groups in total. The van der Waals surface area contributed by atoms with Gasteiger partial charge in [-0.1, -0.05) is 60.7 Å². The van der Waals surface area contributed by atoms with Crippen LogP contribution in [0.4, 0.5) is 0 Å². The zero-order chi connectivity index (χ0) is 18.1. The second-order valence-corrected chi connectivity index (χ2v) is 9.13. The molecule has 1 heterocycles. The van der Waals surface area contributed by atoms with Crippen LogP contribution >= 0.6 is 7.14 Å². The number of rotatable bonds is 3. The van der Waals surface area contributed by atoms with Gasteiger partial charge in [-0.25, -0.2) is 0 Å². The topological polar surface area (TPSA) is 63.6 Å². The van der Waals surface area contributed by atoms with Crippen LogP contribution in [-0.2, 0) is 4.57 Å². The fraction of sp³-hybridized carbons (Fsp3) is 0.0952. The molecule has 4 rings (SSSR count). The number of benzene rings is 3. The molecule has 0 fully saturated rings. The van der Waals surface area contributed by atoms with Crippen LogP contribution in [0.1, 0.15) is 16.8 Å². The van der Waals surface area contributed by atoms with E-state index in [2.05, 4.69) is 0 Å². The van der Waals surface area contributed by atoms with E-state index in [1.165, 1.54) is 12.1 Å². The monoisotopic (exact) mass is 364 g/mol. The summed E-state index contributed by atoms with van der Waals surface area (Å²) < 4.78 is 20.3. The average Bonchev–Trinajstić information content (AvgIpc) is 2.69. The molecule has 0 amide bonds. The van der Waals surface area contributed by atoms with Crippen molar-refractivity contribution in [2.24, 2.45) is 0 Å². The number of aromatic hydroxyl groups is 1. The first-order valence-electron chi connectivity index (χ1n) is 8.33. The molecule has 0 saturated heterocycles. The summed E-state index contributed by atoms with van der Waals surface area (Å²) >= 11 is 0. The molecular weight excluding hydrogens is 347 g/mol. The Labute approximate surface area is 151 Å². The van der Waals surface area contributed by atoms with Gasteiger partial charge in [0.05, 0.1) is 12.0 Å². The van der Waals surface area contributed by atoms with Gasteiger partial charge in [0, 0.05) is 10.6 Å². The normalized spacial score (nSPS) is 16.6. The largest absolute Gasteiger partial charge is 0.508 e. The molecular formula is C21H17O4P. The SMILES string of the molecule is O=C1CC(P(=O)(c2ccccc2)c2ccccc2)Oc2ccc(O)cc21. The molecule has 0 aromatic heterocycles. The van der Waals surface area contributed by atoms with E-state index in [0.29, 0.717) is 21.9 Å². The van der Waals surface area contributed by atoms with Gasteiger partial charge in [0.15, 0.2) is 18.8 Å². The molecule has 5 heteroatoms. The van der Waals surface area contributed by atoms with Crippen LogP contribution in [-0.4, -0.2) is 16.7 Å². The highest BCUT2D eigenvalue weighted by atomic mass is 31.2. The first kappa shape index (κ1) is 16.6. The lowest BCUT2D eigenvalue weighted by molar-refractivity contribution is 0.0911.